The summed E-state index contributed by atoms with van der Waals surface area (Å²) in [5.74, 6) is 0. The SMILES string of the molecule is O=S(=O)([O-])c1cc(NN2N=C(Sc3ccccc3)C=C(Sc3ccccc3)N2)ccc1C=Cc1ccc(NN2N=C(Sc3ccccc3)C=C(Sc3ccccc3)N2)cc1S(=O)(=O)[O-].[Na+].[Na+]. The molecule has 4 N–H and O–H groups in total. The Balaban J connectivity index is 0.00000360. The van der Waals surface area contributed by atoms with Crippen LogP contribution in [0.25, 0.3) is 12.2 Å². The number of hydrazine groups is 4. The molecular formula is C44H34N8Na2O6S6. The Labute approximate surface area is 443 Å². The molecule has 0 spiro atoms. The predicted octanol–water partition coefficient (Wildman–Crippen LogP) is 3.45. The van der Waals surface area contributed by atoms with Crippen molar-refractivity contribution in [3.05, 3.63) is 191 Å². The Kier molecular flexibility index (Phi) is 18.5. The van der Waals surface area contributed by atoms with E-state index in [9.17, 15) is 25.9 Å². The van der Waals surface area contributed by atoms with Crippen LogP contribution in [-0.4, -0.2) is 46.5 Å². The van der Waals surface area contributed by atoms with Gasteiger partial charge in [-0.05, 0) is 83.9 Å². The third kappa shape index (κ3) is 14.7. The maximum absolute atomic E-state index is 12.7. The molecule has 0 bridgehead atoms. The molecule has 8 rings (SSSR count). The second-order valence-electron chi connectivity index (χ2n) is 13.4. The fourth-order valence-corrected chi connectivity index (χ4v) is 10.8. The summed E-state index contributed by atoms with van der Waals surface area (Å²) in [5.41, 5.74) is 12.7. The van der Waals surface area contributed by atoms with Gasteiger partial charge in [0, 0.05) is 31.7 Å². The average molecular weight is 1010 g/mol. The molecule has 0 aliphatic carbocycles. The molecule has 0 saturated heterocycles. The minimum atomic E-state index is -5.07. The van der Waals surface area contributed by atoms with Gasteiger partial charge >= 0.3 is 59.1 Å². The Morgan fingerprint density at radius 3 is 1.11 bits per heavy atom. The van der Waals surface area contributed by atoms with Gasteiger partial charge in [0.2, 0.25) is 0 Å². The summed E-state index contributed by atoms with van der Waals surface area (Å²) >= 11 is 5.75. The van der Waals surface area contributed by atoms with Crippen LogP contribution in [0.3, 0.4) is 0 Å². The number of rotatable bonds is 14. The van der Waals surface area contributed by atoms with Gasteiger partial charge < -0.3 is 9.11 Å². The van der Waals surface area contributed by atoms with Gasteiger partial charge in [-0.3, -0.25) is 21.7 Å². The monoisotopic (exact) mass is 1010 g/mol. The number of thioether (sulfide) groups is 4. The Morgan fingerprint density at radius 2 is 0.788 bits per heavy atom. The van der Waals surface area contributed by atoms with Gasteiger partial charge in [-0.15, -0.1) is 20.7 Å². The first-order valence-electron chi connectivity index (χ1n) is 19.0. The molecule has 66 heavy (non-hydrogen) atoms. The summed E-state index contributed by atoms with van der Waals surface area (Å²) in [6.07, 6.45) is 6.29. The van der Waals surface area contributed by atoms with E-state index in [-0.39, 0.29) is 81.6 Å². The van der Waals surface area contributed by atoms with Crippen LogP contribution in [0.4, 0.5) is 11.4 Å². The molecule has 2 aliphatic rings. The number of hydrogen-bond acceptors (Lipinski definition) is 18. The molecule has 0 radical (unpaired) electrons. The zero-order chi connectivity index (χ0) is 44.5. The van der Waals surface area contributed by atoms with Crippen LogP contribution in [0.15, 0.2) is 220 Å². The van der Waals surface area contributed by atoms with Crippen molar-refractivity contribution < 1.29 is 85.1 Å². The molecule has 0 fully saturated rings. The maximum atomic E-state index is 12.7. The van der Waals surface area contributed by atoms with Gasteiger partial charge in [0.15, 0.2) is 0 Å². The van der Waals surface area contributed by atoms with Crippen molar-refractivity contribution in [2.75, 3.05) is 10.9 Å². The maximum Gasteiger partial charge on any atom is 1.00 e. The molecule has 2 heterocycles. The number of nitrogens with one attached hydrogen (secondary N) is 4. The zero-order valence-corrected chi connectivity index (χ0v) is 43.9. The minimum absolute atomic E-state index is 0. The Morgan fingerprint density at radius 1 is 0.470 bits per heavy atom. The molecule has 324 valence electrons. The van der Waals surface area contributed by atoms with E-state index in [4.69, 9.17) is 0 Å². The standard InChI is InChI=1S/C44H36N8O6S6.2Na/c53-63(54,55)39-27-33(45-51-47-41(59-35-13-5-1-6-14-35)29-42(48-51)60-36-15-7-2-8-16-36)25-23-31(39)21-22-32-24-26-34(28-40(32)64(56,57)58)46-52-49-43(61-37-17-9-3-10-18-37)30-44(50-52)62-38-19-11-4-12-20-38;;/h1-30,45-47,49H,(H,53,54,55)(H,56,57,58);;/q;2*+1/p-2. The smallest absolute Gasteiger partial charge is 0.744 e. The normalized spacial score (nSPS) is 13.7. The molecule has 0 amide bonds. The third-order valence-electron chi connectivity index (χ3n) is 8.69. The first-order valence-corrected chi connectivity index (χ1v) is 25.0. The van der Waals surface area contributed by atoms with Crippen molar-refractivity contribution in [3.8, 4) is 0 Å². The fraction of sp³-hybridized carbons (Fsp3) is 0. The Bertz CT molecular complexity index is 2820. The molecule has 6 aromatic carbocycles. The minimum Gasteiger partial charge on any atom is -0.744 e. The van der Waals surface area contributed by atoms with E-state index in [2.05, 4.69) is 31.9 Å². The van der Waals surface area contributed by atoms with Crippen LogP contribution in [0.5, 0.6) is 0 Å². The molecule has 14 nitrogen and oxygen atoms in total. The number of nitrogens with zero attached hydrogens (tertiary/aromatic N) is 4. The number of hydrazone groups is 2. The van der Waals surface area contributed by atoms with Crippen molar-refractivity contribution in [2.45, 2.75) is 29.4 Å². The average Bonchev–Trinajstić information content (AvgIpc) is 3.27. The van der Waals surface area contributed by atoms with Crippen LogP contribution in [0.2, 0.25) is 0 Å². The largest absolute Gasteiger partial charge is 1.00 e. The summed E-state index contributed by atoms with van der Waals surface area (Å²) in [6, 6.07) is 46.8. The van der Waals surface area contributed by atoms with Crippen molar-refractivity contribution >= 4 is 101 Å². The molecule has 0 aromatic heterocycles. The van der Waals surface area contributed by atoms with Crippen molar-refractivity contribution in [1.82, 2.24) is 21.3 Å². The molecule has 0 saturated carbocycles. The molecule has 6 aromatic rings. The van der Waals surface area contributed by atoms with E-state index in [0.29, 0.717) is 20.1 Å². The third-order valence-corrected chi connectivity index (χ3v) is 14.2. The van der Waals surface area contributed by atoms with Gasteiger partial charge in [-0.1, -0.05) is 144 Å². The molecule has 2 aliphatic heterocycles. The predicted molar refractivity (Wildman–Crippen MR) is 255 cm³/mol. The summed E-state index contributed by atoms with van der Waals surface area (Å²) in [7, 11) is -10.1. The van der Waals surface area contributed by atoms with E-state index < -0.39 is 30.0 Å². The second kappa shape index (κ2) is 23.8. The topological polar surface area (TPSA) is 194 Å². The second-order valence-corrected chi connectivity index (χ2v) is 20.5. The number of benzene rings is 6. The van der Waals surface area contributed by atoms with Crippen LogP contribution in [0.1, 0.15) is 11.1 Å². The molecule has 22 heteroatoms. The van der Waals surface area contributed by atoms with Crippen molar-refractivity contribution in [1.29, 1.82) is 0 Å². The molecular weight excluding hydrogens is 975 g/mol. The van der Waals surface area contributed by atoms with Crippen LogP contribution >= 0.6 is 47.0 Å². The van der Waals surface area contributed by atoms with Gasteiger partial charge in [0.25, 0.3) is 0 Å². The van der Waals surface area contributed by atoms with E-state index in [0.717, 1.165) is 31.7 Å². The van der Waals surface area contributed by atoms with Gasteiger partial charge in [-0.2, -0.15) is 0 Å². The molecule has 0 atom stereocenters. The van der Waals surface area contributed by atoms with Crippen LogP contribution < -0.4 is 80.8 Å². The van der Waals surface area contributed by atoms with Crippen molar-refractivity contribution in [2.24, 2.45) is 10.2 Å². The fourth-order valence-electron chi connectivity index (χ4n) is 5.90. The summed E-state index contributed by atoms with van der Waals surface area (Å²) in [6.45, 7) is 0. The van der Waals surface area contributed by atoms with E-state index in [1.165, 1.54) is 93.9 Å². The van der Waals surface area contributed by atoms with Crippen LogP contribution in [0, 0.1) is 0 Å². The summed E-state index contributed by atoms with van der Waals surface area (Å²) in [4.78, 5) is 2.64. The number of anilines is 2. The van der Waals surface area contributed by atoms with Gasteiger partial charge in [0.05, 0.1) is 31.2 Å². The summed E-state index contributed by atoms with van der Waals surface area (Å²) < 4.78 is 76.0. The van der Waals surface area contributed by atoms with E-state index >= 15 is 0 Å². The Hall–Kier alpha value is -4.10. The van der Waals surface area contributed by atoms with Crippen LogP contribution in [-0.2, 0) is 20.2 Å². The molecule has 0 unspecified atom stereocenters. The van der Waals surface area contributed by atoms with E-state index in [1.54, 1.807) is 0 Å². The van der Waals surface area contributed by atoms with Gasteiger partial charge in [0.1, 0.15) is 30.3 Å². The van der Waals surface area contributed by atoms with Crippen molar-refractivity contribution in [3.63, 3.8) is 0 Å². The van der Waals surface area contributed by atoms with E-state index in [1.807, 2.05) is 133 Å². The van der Waals surface area contributed by atoms with Gasteiger partial charge in [-0.25, -0.2) is 16.8 Å². The first kappa shape index (κ1) is 51.3. The quantitative estimate of drug-likeness (QED) is 0.0704. The first-order chi connectivity index (χ1) is 30.9. The zero-order valence-electron chi connectivity index (χ0n) is 35.0. The summed E-state index contributed by atoms with van der Waals surface area (Å²) in [5, 5.41) is 14.5. The number of hydrogen-bond donors (Lipinski definition) is 4.